The van der Waals surface area contributed by atoms with Gasteiger partial charge >= 0.3 is 0 Å². The lowest BCUT2D eigenvalue weighted by atomic mass is 10.1. The molecule has 0 saturated carbocycles. The fraction of sp³-hybridized carbons (Fsp3) is 0.500. The average Bonchev–Trinajstić information content (AvgIpc) is 2.38. The van der Waals surface area contributed by atoms with Gasteiger partial charge in [-0.05, 0) is 32.0 Å². The number of piperazine rings is 1. The Balaban J connectivity index is 2.12. The average molecular weight is 311 g/mol. The van der Waals surface area contributed by atoms with E-state index in [9.17, 15) is 4.79 Å². The summed E-state index contributed by atoms with van der Waals surface area (Å²) >= 11 is 3.40. The molecule has 3 nitrogen and oxygen atoms in total. The van der Waals surface area contributed by atoms with Gasteiger partial charge in [0.25, 0.3) is 0 Å². The number of hydrogen-bond acceptors (Lipinski definition) is 3. The van der Waals surface area contributed by atoms with Crippen LogP contribution in [0.15, 0.2) is 22.7 Å². The summed E-state index contributed by atoms with van der Waals surface area (Å²) in [5.74, 6) is 0. The van der Waals surface area contributed by atoms with E-state index in [4.69, 9.17) is 0 Å². The molecule has 0 bridgehead atoms. The molecule has 4 heteroatoms. The summed E-state index contributed by atoms with van der Waals surface area (Å²) in [5.41, 5.74) is 1.82. The molecule has 18 heavy (non-hydrogen) atoms. The number of aldehydes is 1. The summed E-state index contributed by atoms with van der Waals surface area (Å²) < 4.78 is 0.953. The van der Waals surface area contributed by atoms with Gasteiger partial charge in [-0.2, -0.15) is 0 Å². The summed E-state index contributed by atoms with van der Waals surface area (Å²) in [6.45, 7) is 8.55. The van der Waals surface area contributed by atoms with Gasteiger partial charge in [0.05, 0.1) is 0 Å². The molecule has 1 aromatic carbocycles. The number of anilines is 1. The van der Waals surface area contributed by atoms with E-state index >= 15 is 0 Å². The Morgan fingerprint density at radius 2 is 1.89 bits per heavy atom. The van der Waals surface area contributed by atoms with Crippen molar-refractivity contribution < 1.29 is 4.79 Å². The van der Waals surface area contributed by atoms with Gasteiger partial charge in [-0.1, -0.05) is 15.9 Å². The predicted molar refractivity (Wildman–Crippen MR) is 78.5 cm³/mol. The van der Waals surface area contributed by atoms with Gasteiger partial charge in [0, 0.05) is 47.9 Å². The van der Waals surface area contributed by atoms with Crippen LogP contribution in [0.4, 0.5) is 5.69 Å². The molecule has 0 spiro atoms. The number of halogens is 1. The van der Waals surface area contributed by atoms with Crippen LogP contribution in [0.1, 0.15) is 24.2 Å². The highest BCUT2D eigenvalue weighted by Crippen LogP contribution is 2.24. The second-order valence-electron chi connectivity index (χ2n) is 4.94. The molecule has 0 unspecified atom stereocenters. The van der Waals surface area contributed by atoms with E-state index in [1.807, 2.05) is 18.2 Å². The lowest BCUT2D eigenvalue weighted by Crippen LogP contribution is -2.49. The zero-order valence-electron chi connectivity index (χ0n) is 10.9. The van der Waals surface area contributed by atoms with E-state index in [-0.39, 0.29) is 0 Å². The van der Waals surface area contributed by atoms with Gasteiger partial charge in [-0.15, -0.1) is 0 Å². The minimum atomic E-state index is 0.600. The molecule has 1 heterocycles. The molecule has 0 amide bonds. The van der Waals surface area contributed by atoms with Gasteiger partial charge in [0.1, 0.15) is 0 Å². The first-order valence-electron chi connectivity index (χ1n) is 6.35. The van der Waals surface area contributed by atoms with Crippen molar-refractivity contribution >= 4 is 27.9 Å². The van der Waals surface area contributed by atoms with Crippen LogP contribution in [0.25, 0.3) is 0 Å². The van der Waals surface area contributed by atoms with Crippen molar-refractivity contribution in [2.75, 3.05) is 31.1 Å². The lowest BCUT2D eigenvalue weighted by molar-refractivity contribution is 0.112. The molecule has 1 aliphatic rings. The van der Waals surface area contributed by atoms with Crippen molar-refractivity contribution in [2.45, 2.75) is 19.9 Å². The van der Waals surface area contributed by atoms with Gasteiger partial charge in [-0.3, -0.25) is 9.69 Å². The van der Waals surface area contributed by atoms with E-state index in [0.717, 1.165) is 48.2 Å². The smallest absolute Gasteiger partial charge is 0.152 e. The third-order valence-corrected chi connectivity index (χ3v) is 4.00. The van der Waals surface area contributed by atoms with Crippen LogP contribution < -0.4 is 4.90 Å². The van der Waals surface area contributed by atoms with Gasteiger partial charge in [-0.25, -0.2) is 0 Å². The zero-order chi connectivity index (χ0) is 13.1. The third kappa shape index (κ3) is 2.93. The van der Waals surface area contributed by atoms with E-state index in [0.29, 0.717) is 6.04 Å². The van der Waals surface area contributed by atoms with Crippen LogP contribution in [-0.2, 0) is 0 Å². The summed E-state index contributed by atoms with van der Waals surface area (Å²) in [4.78, 5) is 15.9. The molecule has 0 aliphatic carbocycles. The Kier molecular flexibility index (Phi) is 4.40. The Morgan fingerprint density at radius 3 is 2.44 bits per heavy atom. The molecule has 2 rings (SSSR count). The molecule has 1 aromatic rings. The van der Waals surface area contributed by atoms with E-state index < -0.39 is 0 Å². The quantitative estimate of drug-likeness (QED) is 0.802. The normalized spacial score (nSPS) is 17.2. The molecule has 98 valence electrons. The van der Waals surface area contributed by atoms with Crippen molar-refractivity contribution in [3.05, 3.63) is 28.2 Å². The maximum absolute atomic E-state index is 11.1. The molecule has 0 radical (unpaired) electrons. The molecule has 0 N–H and O–H groups in total. The predicted octanol–water partition coefficient (Wildman–Crippen LogP) is 2.79. The van der Waals surface area contributed by atoms with Crippen LogP contribution in [-0.4, -0.2) is 43.4 Å². The molecule has 1 aliphatic heterocycles. The second-order valence-corrected chi connectivity index (χ2v) is 5.85. The largest absolute Gasteiger partial charge is 0.368 e. The molecule has 1 saturated heterocycles. The van der Waals surface area contributed by atoms with Gasteiger partial charge < -0.3 is 4.90 Å². The van der Waals surface area contributed by atoms with Crippen LogP contribution in [0.2, 0.25) is 0 Å². The number of carbonyl (C=O) groups is 1. The van der Waals surface area contributed by atoms with E-state index in [1.54, 1.807) is 0 Å². The van der Waals surface area contributed by atoms with Crippen LogP contribution in [0.3, 0.4) is 0 Å². The monoisotopic (exact) mass is 310 g/mol. The summed E-state index contributed by atoms with van der Waals surface area (Å²) in [6.07, 6.45) is 0.939. The van der Waals surface area contributed by atoms with Crippen LogP contribution >= 0.6 is 15.9 Å². The highest BCUT2D eigenvalue weighted by Gasteiger charge is 2.20. The maximum Gasteiger partial charge on any atom is 0.152 e. The number of carbonyl (C=O) groups excluding carboxylic acids is 1. The number of benzene rings is 1. The third-order valence-electron chi connectivity index (χ3n) is 3.50. The van der Waals surface area contributed by atoms with Crippen molar-refractivity contribution in [3.63, 3.8) is 0 Å². The Morgan fingerprint density at radius 1 is 1.22 bits per heavy atom. The summed E-state index contributed by atoms with van der Waals surface area (Å²) in [5, 5.41) is 0. The summed E-state index contributed by atoms with van der Waals surface area (Å²) in [6, 6.07) is 6.51. The lowest BCUT2D eigenvalue weighted by Gasteiger charge is -2.38. The minimum Gasteiger partial charge on any atom is -0.368 e. The van der Waals surface area contributed by atoms with E-state index in [2.05, 4.69) is 39.6 Å². The van der Waals surface area contributed by atoms with Gasteiger partial charge in [0.2, 0.25) is 0 Å². The second kappa shape index (κ2) is 5.85. The first-order valence-corrected chi connectivity index (χ1v) is 7.15. The van der Waals surface area contributed by atoms with Crippen molar-refractivity contribution in [1.29, 1.82) is 0 Å². The molecular formula is C14H19BrN2O. The molecule has 1 fully saturated rings. The highest BCUT2D eigenvalue weighted by atomic mass is 79.9. The molecular weight excluding hydrogens is 292 g/mol. The number of rotatable bonds is 3. The minimum absolute atomic E-state index is 0.600. The Hall–Kier alpha value is -0.870. The maximum atomic E-state index is 11.1. The highest BCUT2D eigenvalue weighted by molar-refractivity contribution is 9.10. The number of nitrogens with zero attached hydrogens (tertiary/aromatic N) is 2. The molecule has 0 atom stereocenters. The van der Waals surface area contributed by atoms with Crippen molar-refractivity contribution in [2.24, 2.45) is 0 Å². The topological polar surface area (TPSA) is 23.6 Å². The zero-order valence-corrected chi connectivity index (χ0v) is 12.5. The van der Waals surface area contributed by atoms with E-state index in [1.165, 1.54) is 0 Å². The fourth-order valence-corrected chi connectivity index (χ4v) is 2.77. The SMILES string of the molecule is CC(C)N1CCN(c2ccc(Br)cc2C=O)CC1. The van der Waals surface area contributed by atoms with Gasteiger partial charge in [0.15, 0.2) is 6.29 Å². The van der Waals surface area contributed by atoms with Crippen LogP contribution in [0, 0.1) is 0 Å². The Bertz CT molecular complexity index is 426. The Labute approximate surface area is 117 Å². The first kappa shape index (κ1) is 13.6. The number of hydrogen-bond donors (Lipinski definition) is 0. The first-order chi connectivity index (χ1) is 8.61. The fourth-order valence-electron chi connectivity index (χ4n) is 2.39. The van der Waals surface area contributed by atoms with Crippen molar-refractivity contribution in [1.82, 2.24) is 4.90 Å². The summed E-state index contributed by atoms with van der Waals surface area (Å²) in [7, 11) is 0. The van der Waals surface area contributed by atoms with Crippen molar-refractivity contribution in [3.8, 4) is 0 Å². The van der Waals surface area contributed by atoms with Crippen LogP contribution in [0.5, 0.6) is 0 Å². The standard InChI is InChI=1S/C14H19BrN2O/c1-11(2)16-5-7-17(8-6-16)14-4-3-13(15)9-12(14)10-18/h3-4,9-11H,5-8H2,1-2H3. The molecule has 0 aromatic heterocycles.